The smallest absolute Gasteiger partial charge is 0.357 e. The van der Waals surface area contributed by atoms with Gasteiger partial charge in [-0.3, -0.25) is 0 Å². The highest BCUT2D eigenvalue weighted by Crippen LogP contribution is 2.22. The average Bonchev–Trinajstić information content (AvgIpc) is 3.16. The molecule has 2 heterocycles. The summed E-state index contributed by atoms with van der Waals surface area (Å²) in [5.74, 6) is -0.752. The summed E-state index contributed by atoms with van der Waals surface area (Å²) in [4.78, 5) is 17.2. The van der Waals surface area contributed by atoms with Crippen molar-refractivity contribution in [3.8, 4) is 0 Å². The van der Waals surface area contributed by atoms with Crippen LogP contribution in [0.4, 0.5) is 4.39 Å². The number of ether oxygens (including phenoxy) is 1. The predicted octanol–water partition coefficient (Wildman–Crippen LogP) is 4.06. The minimum atomic E-state index is -0.695. The van der Waals surface area contributed by atoms with Crippen LogP contribution in [0.2, 0.25) is 5.15 Å². The number of para-hydroxylation sites is 1. The van der Waals surface area contributed by atoms with Crippen molar-refractivity contribution in [3.63, 3.8) is 0 Å². The van der Waals surface area contributed by atoms with Gasteiger partial charge in [0.2, 0.25) is 0 Å². The molecule has 2 aromatic heterocycles. The van der Waals surface area contributed by atoms with Gasteiger partial charge in [0, 0.05) is 10.9 Å². The molecule has 150 valence electrons. The normalized spacial score (nSPS) is 11.6. The zero-order valence-corrected chi connectivity index (χ0v) is 16.5. The summed E-state index contributed by atoms with van der Waals surface area (Å²) in [6.07, 6.45) is 1.45. The van der Waals surface area contributed by atoms with Crippen molar-refractivity contribution >= 4 is 40.2 Å². The van der Waals surface area contributed by atoms with Gasteiger partial charge in [-0.15, -0.1) is 5.10 Å². The standard InChI is InChI=1S/C21H15ClFN5O2/c1-13-25-26-27-28(13)19(10-14-5-4-7-17(23)9-14)21(29)30-12-16-11-15-6-2-3-8-18(15)24-20(16)22/h2-11H,12H2,1H3/b19-10-. The van der Waals surface area contributed by atoms with Gasteiger partial charge < -0.3 is 4.74 Å². The van der Waals surface area contributed by atoms with Crippen molar-refractivity contribution < 1.29 is 13.9 Å². The Labute approximate surface area is 175 Å². The van der Waals surface area contributed by atoms with Gasteiger partial charge in [-0.05, 0) is 53.3 Å². The molecule has 9 heteroatoms. The van der Waals surface area contributed by atoms with Gasteiger partial charge in [-0.1, -0.05) is 41.9 Å². The molecule has 0 amide bonds. The van der Waals surface area contributed by atoms with Crippen LogP contribution in [-0.4, -0.2) is 31.2 Å². The number of nitrogens with zero attached hydrogens (tertiary/aromatic N) is 5. The first-order valence-electron chi connectivity index (χ1n) is 8.95. The molecule has 0 aliphatic heterocycles. The third-order valence-corrected chi connectivity index (χ3v) is 4.65. The maximum atomic E-state index is 13.6. The van der Waals surface area contributed by atoms with Crippen LogP contribution >= 0.6 is 11.6 Å². The van der Waals surface area contributed by atoms with Gasteiger partial charge in [0.05, 0.1) is 5.52 Å². The molecule has 0 spiro atoms. The molecule has 0 atom stereocenters. The van der Waals surface area contributed by atoms with Crippen LogP contribution in [0.3, 0.4) is 0 Å². The third kappa shape index (κ3) is 4.18. The topological polar surface area (TPSA) is 82.8 Å². The van der Waals surface area contributed by atoms with E-state index in [0.29, 0.717) is 17.0 Å². The molecule has 0 aliphatic carbocycles. The van der Waals surface area contributed by atoms with Gasteiger partial charge in [-0.2, -0.15) is 4.68 Å². The number of carbonyl (C=O) groups is 1. The zero-order valence-electron chi connectivity index (χ0n) is 15.8. The number of hydrogen-bond acceptors (Lipinski definition) is 6. The molecule has 0 bridgehead atoms. The largest absolute Gasteiger partial charge is 0.456 e. The predicted molar refractivity (Wildman–Crippen MR) is 110 cm³/mol. The Morgan fingerprint density at radius 1 is 1.20 bits per heavy atom. The van der Waals surface area contributed by atoms with Crippen molar-refractivity contribution in [2.75, 3.05) is 0 Å². The SMILES string of the molecule is Cc1nnnn1/C(=C\c1cccc(F)c1)C(=O)OCc1cc2ccccc2nc1Cl. The van der Waals surface area contributed by atoms with E-state index in [1.807, 2.05) is 30.3 Å². The lowest BCUT2D eigenvalue weighted by atomic mass is 10.1. The molecule has 4 aromatic rings. The van der Waals surface area contributed by atoms with Crippen molar-refractivity contribution in [1.82, 2.24) is 25.2 Å². The number of aromatic nitrogens is 5. The number of tetrazole rings is 1. The van der Waals surface area contributed by atoms with E-state index < -0.39 is 11.8 Å². The highest BCUT2D eigenvalue weighted by molar-refractivity contribution is 6.30. The molecule has 0 saturated heterocycles. The lowest BCUT2D eigenvalue weighted by molar-refractivity contribution is -0.138. The van der Waals surface area contributed by atoms with Crippen LogP contribution in [0.15, 0.2) is 54.6 Å². The minimum absolute atomic E-state index is 0.0352. The summed E-state index contributed by atoms with van der Waals surface area (Å²) in [7, 11) is 0. The van der Waals surface area contributed by atoms with Gasteiger partial charge >= 0.3 is 5.97 Å². The number of aryl methyl sites for hydroxylation is 1. The first kappa shape index (κ1) is 19.7. The molecule has 0 fully saturated rings. The van der Waals surface area contributed by atoms with Crippen molar-refractivity contribution in [2.24, 2.45) is 0 Å². The fourth-order valence-electron chi connectivity index (χ4n) is 2.87. The minimum Gasteiger partial charge on any atom is -0.456 e. The first-order chi connectivity index (χ1) is 14.5. The molecule has 0 N–H and O–H groups in total. The summed E-state index contributed by atoms with van der Waals surface area (Å²) in [6, 6.07) is 15.1. The molecule has 0 radical (unpaired) electrons. The number of benzene rings is 2. The highest BCUT2D eigenvalue weighted by Gasteiger charge is 2.19. The number of esters is 1. The fourth-order valence-corrected chi connectivity index (χ4v) is 3.07. The van der Waals surface area contributed by atoms with E-state index in [2.05, 4.69) is 20.5 Å². The Morgan fingerprint density at radius 3 is 2.80 bits per heavy atom. The Bertz CT molecular complexity index is 1270. The van der Waals surface area contributed by atoms with Gasteiger partial charge in [-0.25, -0.2) is 14.2 Å². The van der Waals surface area contributed by atoms with Crippen LogP contribution in [0.5, 0.6) is 0 Å². The molecule has 0 saturated carbocycles. The number of rotatable bonds is 5. The van der Waals surface area contributed by atoms with Gasteiger partial charge in [0.15, 0.2) is 11.5 Å². The van der Waals surface area contributed by atoms with Crippen molar-refractivity contribution in [2.45, 2.75) is 13.5 Å². The summed E-state index contributed by atoms with van der Waals surface area (Å²) < 4.78 is 20.3. The van der Waals surface area contributed by atoms with Crippen LogP contribution in [0, 0.1) is 12.7 Å². The molecule has 0 unspecified atom stereocenters. The third-order valence-electron chi connectivity index (χ3n) is 4.32. The van der Waals surface area contributed by atoms with E-state index in [4.69, 9.17) is 16.3 Å². The number of fused-ring (bicyclic) bond motifs is 1. The number of carbonyl (C=O) groups excluding carboxylic acids is 1. The lowest BCUT2D eigenvalue weighted by Crippen LogP contribution is -2.15. The molecule has 0 aliphatic rings. The monoisotopic (exact) mass is 423 g/mol. The Kier molecular flexibility index (Phi) is 5.49. The Morgan fingerprint density at radius 2 is 2.03 bits per heavy atom. The highest BCUT2D eigenvalue weighted by atomic mass is 35.5. The number of halogens is 2. The maximum absolute atomic E-state index is 13.6. The second-order valence-electron chi connectivity index (χ2n) is 6.43. The maximum Gasteiger partial charge on any atom is 0.357 e. The molecule has 30 heavy (non-hydrogen) atoms. The zero-order chi connectivity index (χ0) is 21.1. The van der Waals surface area contributed by atoms with E-state index in [0.717, 1.165) is 10.9 Å². The molecule has 4 rings (SSSR count). The van der Waals surface area contributed by atoms with Gasteiger partial charge in [0.1, 0.15) is 17.6 Å². The van der Waals surface area contributed by atoms with Crippen LogP contribution in [0.1, 0.15) is 17.0 Å². The second kappa shape index (κ2) is 8.38. The Hall–Kier alpha value is -3.65. The lowest BCUT2D eigenvalue weighted by Gasteiger charge is -2.10. The number of pyridine rings is 1. The van der Waals surface area contributed by atoms with Crippen LogP contribution in [0.25, 0.3) is 22.7 Å². The summed E-state index contributed by atoms with van der Waals surface area (Å²) in [6.45, 7) is 1.54. The average molecular weight is 424 g/mol. The first-order valence-corrected chi connectivity index (χ1v) is 9.33. The number of hydrogen-bond donors (Lipinski definition) is 0. The van der Waals surface area contributed by atoms with Crippen LogP contribution < -0.4 is 0 Å². The van der Waals surface area contributed by atoms with E-state index in [-0.39, 0.29) is 17.5 Å². The molecule has 7 nitrogen and oxygen atoms in total. The van der Waals surface area contributed by atoms with E-state index >= 15 is 0 Å². The van der Waals surface area contributed by atoms with Crippen LogP contribution in [-0.2, 0) is 16.1 Å². The summed E-state index contributed by atoms with van der Waals surface area (Å²) in [5, 5.41) is 12.3. The van der Waals surface area contributed by atoms with E-state index in [1.165, 1.54) is 29.0 Å². The van der Waals surface area contributed by atoms with E-state index in [1.54, 1.807) is 13.0 Å². The van der Waals surface area contributed by atoms with Crippen molar-refractivity contribution in [1.29, 1.82) is 0 Å². The molecule has 2 aromatic carbocycles. The Balaban J connectivity index is 1.63. The quantitative estimate of drug-likeness (QED) is 0.273. The van der Waals surface area contributed by atoms with E-state index in [9.17, 15) is 9.18 Å². The second-order valence-corrected chi connectivity index (χ2v) is 6.79. The van der Waals surface area contributed by atoms with Gasteiger partial charge in [0.25, 0.3) is 0 Å². The fraction of sp³-hybridized carbons (Fsp3) is 0.0952. The summed E-state index contributed by atoms with van der Waals surface area (Å²) >= 11 is 6.24. The molecular weight excluding hydrogens is 409 g/mol. The summed E-state index contributed by atoms with van der Waals surface area (Å²) in [5.41, 5.74) is 1.80. The molecular formula is C21H15ClFN5O2. The van der Waals surface area contributed by atoms with Crippen molar-refractivity contribution in [3.05, 3.63) is 82.5 Å².